The summed E-state index contributed by atoms with van der Waals surface area (Å²) in [7, 11) is 0. The van der Waals surface area contributed by atoms with Gasteiger partial charge in [0.2, 0.25) is 5.91 Å². The molecule has 1 aromatic heterocycles. The number of carbonyl (C=O) groups excluding carboxylic acids is 1. The molecule has 0 radical (unpaired) electrons. The number of anilines is 1. The molecule has 2 aromatic rings. The average molecular weight is 355 g/mol. The van der Waals surface area contributed by atoms with Crippen molar-refractivity contribution in [1.29, 1.82) is 0 Å². The second-order valence-electron chi connectivity index (χ2n) is 6.75. The highest BCUT2D eigenvalue weighted by atomic mass is 19.1. The summed E-state index contributed by atoms with van der Waals surface area (Å²) < 4.78 is 15.3. The summed E-state index contributed by atoms with van der Waals surface area (Å²) >= 11 is 0. The maximum atomic E-state index is 13.3. The molecule has 0 saturated heterocycles. The number of nitrogens with one attached hydrogen (secondary N) is 1. The Morgan fingerprint density at radius 1 is 1.23 bits per heavy atom. The van der Waals surface area contributed by atoms with E-state index in [4.69, 9.17) is 10.7 Å². The van der Waals surface area contributed by atoms with Gasteiger partial charge < -0.3 is 16.0 Å². The molecule has 1 aliphatic heterocycles. The van der Waals surface area contributed by atoms with Crippen LogP contribution < -0.4 is 11.1 Å². The molecule has 7 heteroatoms. The zero-order valence-electron chi connectivity index (χ0n) is 14.5. The number of rotatable bonds is 4. The van der Waals surface area contributed by atoms with Gasteiger partial charge in [0, 0.05) is 24.0 Å². The quantitative estimate of drug-likeness (QED) is 0.884. The number of aromatic nitrogens is 2. The summed E-state index contributed by atoms with van der Waals surface area (Å²) in [5.74, 6) is 1.23. The van der Waals surface area contributed by atoms with E-state index in [0.717, 1.165) is 35.7 Å². The molecule has 136 valence electrons. The second-order valence-corrected chi connectivity index (χ2v) is 6.75. The minimum atomic E-state index is -0.275. The van der Waals surface area contributed by atoms with E-state index in [9.17, 15) is 9.18 Å². The standard InChI is InChI=1S/C19H22FN5O/c20-14-7-5-13(6-8-14)18-19(22-15-3-1-2-4-15)25-10-9-24(17(26)11-21)12-16(25)23-18/h5-10,15,22H,1-4,11-12,21H2. The number of hydrogen-bond donors (Lipinski definition) is 2. The molecule has 1 amide bonds. The summed E-state index contributed by atoms with van der Waals surface area (Å²) in [4.78, 5) is 18.2. The summed E-state index contributed by atoms with van der Waals surface area (Å²) in [6.07, 6.45) is 8.27. The van der Waals surface area contributed by atoms with Crippen LogP contribution in [0.3, 0.4) is 0 Å². The number of carbonyl (C=O) groups is 1. The summed E-state index contributed by atoms with van der Waals surface area (Å²) in [6.45, 7) is 0.329. The van der Waals surface area contributed by atoms with Gasteiger partial charge in [-0.25, -0.2) is 9.37 Å². The van der Waals surface area contributed by atoms with Gasteiger partial charge in [0.25, 0.3) is 0 Å². The van der Waals surface area contributed by atoms with Crippen LogP contribution in [0.1, 0.15) is 31.5 Å². The molecule has 6 nitrogen and oxygen atoms in total. The predicted molar refractivity (Wildman–Crippen MR) is 98.4 cm³/mol. The number of halogens is 1. The molecule has 0 atom stereocenters. The number of hydrogen-bond acceptors (Lipinski definition) is 4. The Bertz CT molecular complexity index is 836. The Morgan fingerprint density at radius 2 is 1.96 bits per heavy atom. The minimum absolute atomic E-state index is 0.0386. The molecule has 3 N–H and O–H groups in total. The van der Waals surface area contributed by atoms with Crippen LogP contribution in [-0.4, -0.2) is 32.9 Å². The maximum Gasteiger partial charge on any atom is 0.240 e. The van der Waals surface area contributed by atoms with Gasteiger partial charge in [-0.3, -0.25) is 9.36 Å². The van der Waals surface area contributed by atoms with Gasteiger partial charge in [-0.2, -0.15) is 0 Å². The second kappa shape index (κ2) is 6.92. The smallest absolute Gasteiger partial charge is 0.240 e. The highest BCUT2D eigenvalue weighted by molar-refractivity contribution is 5.81. The van der Waals surface area contributed by atoms with Crippen LogP contribution in [0.25, 0.3) is 17.5 Å². The summed E-state index contributed by atoms with van der Waals surface area (Å²) in [5, 5.41) is 3.62. The Morgan fingerprint density at radius 3 is 2.65 bits per heavy atom. The lowest BCUT2D eigenvalue weighted by Gasteiger charge is -2.23. The van der Waals surface area contributed by atoms with Crippen molar-refractivity contribution >= 4 is 17.9 Å². The van der Waals surface area contributed by atoms with Crippen LogP contribution in [0, 0.1) is 5.82 Å². The van der Waals surface area contributed by atoms with Gasteiger partial charge in [-0.15, -0.1) is 0 Å². The van der Waals surface area contributed by atoms with E-state index in [2.05, 4.69) is 5.32 Å². The predicted octanol–water partition coefficient (Wildman–Crippen LogP) is 2.77. The van der Waals surface area contributed by atoms with Crippen molar-refractivity contribution in [2.24, 2.45) is 5.73 Å². The van der Waals surface area contributed by atoms with Crippen molar-refractivity contribution in [2.45, 2.75) is 38.3 Å². The molecule has 0 bridgehead atoms. The molecular formula is C19H22FN5O. The topological polar surface area (TPSA) is 76.2 Å². The van der Waals surface area contributed by atoms with Crippen molar-refractivity contribution in [3.05, 3.63) is 42.1 Å². The zero-order valence-corrected chi connectivity index (χ0v) is 14.5. The Kier molecular flexibility index (Phi) is 4.46. The first-order chi connectivity index (χ1) is 12.7. The monoisotopic (exact) mass is 355 g/mol. The molecule has 1 aliphatic carbocycles. The number of nitrogens with zero attached hydrogens (tertiary/aromatic N) is 3. The first-order valence-corrected chi connectivity index (χ1v) is 8.97. The third-order valence-corrected chi connectivity index (χ3v) is 5.00. The zero-order chi connectivity index (χ0) is 18.1. The fourth-order valence-electron chi connectivity index (χ4n) is 3.60. The van der Waals surface area contributed by atoms with Crippen molar-refractivity contribution in [2.75, 3.05) is 11.9 Å². The molecule has 26 heavy (non-hydrogen) atoms. The third-order valence-electron chi connectivity index (χ3n) is 5.00. The molecule has 0 spiro atoms. The van der Waals surface area contributed by atoms with Crippen LogP contribution in [0.15, 0.2) is 30.5 Å². The van der Waals surface area contributed by atoms with Crippen LogP contribution >= 0.6 is 0 Å². The summed E-state index contributed by atoms with van der Waals surface area (Å²) in [6, 6.07) is 6.75. The average Bonchev–Trinajstić information content (AvgIpc) is 3.30. The normalized spacial score (nSPS) is 16.8. The molecule has 2 aliphatic rings. The minimum Gasteiger partial charge on any atom is -0.367 e. The molecule has 0 unspecified atom stereocenters. The van der Waals surface area contributed by atoms with Gasteiger partial charge >= 0.3 is 0 Å². The molecule has 1 fully saturated rings. The van der Waals surface area contributed by atoms with Gasteiger partial charge in [0.05, 0.1) is 13.1 Å². The molecule has 2 heterocycles. The van der Waals surface area contributed by atoms with Gasteiger partial charge in [0.1, 0.15) is 23.2 Å². The number of benzene rings is 1. The number of amides is 1. The number of nitrogens with two attached hydrogens (primary N) is 1. The van der Waals surface area contributed by atoms with E-state index in [1.165, 1.54) is 25.0 Å². The van der Waals surface area contributed by atoms with Crippen LogP contribution in [0.2, 0.25) is 0 Å². The number of imidazole rings is 1. The Labute approximate surface area is 151 Å². The SMILES string of the molecule is NCC(=O)N1C=Cn2c(nc(-c3ccc(F)cc3)c2NC2CCCC2)C1. The first-order valence-electron chi connectivity index (χ1n) is 8.97. The van der Waals surface area contributed by atoms with E-state index >= 15 is 0 Å². The van der Waals surface area contributed by atoms with Crippen molar-refractivity contribution in [1.82, 2.24) is 14.5 Å². The third kappa shape index (κ3) is 3.10. The van der Waals surface area contributed by atoms with Gasteiger partial charge in [0.15, 0.2) is 0 Å². The Hall–Kier alpha value is -2.67. The molecular weight excluding hydrogens is 333 g/mol. The number of fused-ring (bicyclic) bond motifs is 1. The van der Waals surface area contributed by atoms with Crippen LogP contribution in [0.4, 0.5) is 10.2 Å². The largest absolute Gasteiger partial charge is 0.367 e. The highest BCUT2D eigenvalue weighted by Gasteiger charge is 2.25. The lowest BCUT2D eigenvalue weighted by molar-refractivity contribution is -0.127. The van der Waals surface area contributed by atoms with E-state index < -0.39 is 0 Å². The maximum absolute atomic E-state index is 13.3. The van der Waals surface area contributed by atoms with Crippen molar-refractivity contribution < 1.29 is 9.18 Å². The fourth-order valence-corrected chi connectivity index (χ4v) is 3.60. The van der Waals surface area contributed by atoms with Crippen LogP contribution in [0.5, 0.6) is 0 Å². The summed E-state index contributed by atoms with van der Waals surface area (Å²) in [5.41, 5.74) is 7.09. The van der Waals surface area contributed by atoms with Crippen LogP contribution in [-0.2, 0) is 11.3 Å². The molecule has 4 rings (SSSR count). The van der Waals surface area contributed by atoms with E-state index in [1.54, 1.807) is 23.2 Å². The van der Waals surface area contributed by atoms with Crippen molar-refractivity contribution in [3.63, 3.8) is 0 Å². The highest BCUT2D eigenvalue weighted by Crippen LogP contribution is 2.34. The lowest BCUT2D eigenvalue weighted by Crippen LogP contribution is -2.34. The molecule has 1 saturated carbocycles. The fraction of sp³-hybridized carbons (Fsp3) is 0.368. The van der Waals surface area contributed by atoms with E-state index in [1.807, 2.05) is 10.8 Å². The molecule has 1 aromatic carbocycles. The van der Waals surface area contributed by atoms with Gasteiger partial charge in [-0.05, 0) is 37.1 Å². The first kappa shape index (κ1) is 16.8. The van der Waals surface area contributed by atoms with E-state index in [-0.39, 0.29) is 18.3 Å². The Balaban J connectivity index is 1.73. The lowest BCUT2D eigenvalue weighted by atomic mass is 10.1. The van der Waals surface area contributed by atoms with Crippen molar-refractivity contribution in [3.8, 4) is 11.3 Å². The van der Waals surface area contributed by atoms with Gasteiger partial charge in [-0.1, -0.05) is 12.8 Å². The van der Waals surface area contributed by atoms with E-state index in [0.29, 0.717) is 12.6 Å².